The highest BCUT2D eigenvalue weighted by atomic mass is 32.2. The number of sulfone groups is 1. The number of para-hydroxylation sites is 2. The fourth-order valence-electron chi connectivity index (χ4n) is 1.33. The number of carboxylic acids is 1. The van der Waals surface area contributed by atoms with Crippen molar-refractivity contribution in [2.24, 2.45) is 0 Å². The van der Waals surface area contributed by atoms with E-state index < -0.39 is 28.3 Å². The van der Waals surface area contributed by atoms with Crippen molar-refractivity contribution >= 4 is 27.4 Å². The maximum absolute atomic E-state index is 11.6. The molecule has 1 aromatic carbocycles. The van der Waals surface area contributed by atoms with Crippen molar-refractivity contribution in [3.05, 3.63) is 24.3 Å². The van der Waals surface area contributed by atoms with Gasteiger partial charge >= 0.3 is 5.97 Å². The van der Waals surface area contributed by atoms with E-state index >= 15 is 0 Å². The van der Waals surface area contributed by atoms with Gasteiger partial charge in [-0.3, -0.25) is 4.79 Å². The molecule has 0 atom stereocenters. The summed E-state index contributed by atoms with van der Waals surface area (Å²) in [5, 5.41) is 11.0. The van der Waals surface area contributed by atoms with Crippen LogP contribution in [0.1, 0.15) is 6.42 Å². The number of aliphatic carboxylic acids is 1. The van der Waals surface area contributed by atoms with E-state index in [1.807, 2.05) is 0 Å². The largest absolute Gasteiger partial charge is 0.480 e. The molecule has 110 valence electrons. The highest BCUT2D eigenvalue weighted by Crippen LogP contribution is 2.23. The number of benzene rings is 1. The highest BCUT2D eigenvalue weighted by molar-refractivity contribution is 7.90. The van der Waals surface area contributed by atoms with Gasteiger partial charge in [0.05, 0.1) is 11.4 Å². The van der Waals surface area contributed by atoms with E-state index in [1.165, 1.54) is 12.1 Å². The second-order valence-electron chi connectivity index (χ2n) is 4.11. The summed E-state index contributed by atoms with van der Waals surface area (Å²) >= 11 is 0. The van der Waals surface area contributed by atoms with Gasteiger partial charge in [-0.1, -0.05) is 12.1 Å². The first-order chi connectivity index (χ1) is 9.28. The van der Waals surface area contributed by atoms with Crippen LogP contribution in [-0.4, -0.2) is 44.0 Å². The molecule has 0 heterocycles. The van der Waals surface area contributed by atoms with Crippen molar-refractivity contribution < 1.29 is 27.9 Å². The van der Waals surface area contributed by atoms with Crippen molar-refractivity contribution in [1.29, 1.82) is 0 Å². The monoisotopic (exact) mass is 301 g/mol. The molecule has 0 fully saturated rings. The Kier molecular flexibility index (Phi) is 5.51. The molecule has 20 heavy (non-hydrogen) atoms. The molecule has 0 unspecified atom stereocenters. The first-order valence-electron chi connectivity index (χ1n) is 5.69. The van der Waals surface area contributed by atoms with Crippen LogP contribution >= 0.6 is 0 Å². The summed E-state index contributed by atoms with van der Waals surface area (Å²) in [5.41, 5.74) is 0.298. The lowest BCUT2D eigenvalue weighted by molar-refractivity contribution is -0.139. The van der Waals surface area contributed by atoms with E-state index in [2.05, 4.69) is 5.32 Å². The number of carbonyl (C=O) groups excluding carboxylic acids is 1. The molecule has 0 aliphatic heterocycles. The predicted octanol–water partition coefficient (Wildman–Crippen LogP) is 0.523. The molecular formula is C12H15NO6S. The Morgan fingerprint density at radius 3 is 2.55 bits per heavy atom. The Morgan fingerprint density at radius 1 is 1.30 bits per heavy atom. The first kappa shape index (κ1) is 16.0. The van der Waals surface area contributed by atoms with Crippen LogP contribution in [0.25, 0.3) is 0 Å². The minimum Gasteiger partial charge on any atom is -0.480 e. The number of ether oxygens (including phenoxy) is 1. The number of rotatable bonds is 7. The fraction of sp³-hybridized carbons (Fsp3) is 0.333. The Balaban J connectivity index is 2.67. The van der Waals surface area contributed by atoms with Crippen LogP contribution in [0.4, 0.5) is 5.69 Å². The van der Waals surface area contributed by atoms with Crippen LogP contribution in [0.15, 0.2) is 24.3 Å². The number of anilines is 1. The second kappa shape index (κ2) is 6.90. The minimum atomic E-state index is -3.21. The lowest BCUT2D eigenvalue weighted by Crippen LogP contribution is -2.17. The van der Waals surface area contributed by atoms with Gasteiger partial charge in [-0.05, 0) is 12.1 Å². The fourth-order valence-corrected chi connectivity index (χ4v) is 1.88. The molecule has 2 N–H and O–H groups in total. The van der Waals surface area contributed by atoms with E-state index in [-0.39, 0.29) is 17.9 Å². The normalized spacial score (nSPS) is 10.8. The molecular weight excluding hydrogens is 286 g/mol. The Bertz CT molecular complexity index is 596. The van der Waals surface area contributed by atoms with E-state index in [4.69, 9.17) is 9.84 Å². The van der Waals surface area contributed by atoms with Crippen LogP contribution in [0.2, 0.25) is 0 Å². The zero-order valence-corrected chi connectivity index (χ0v) is 11.6. The van der Waals surface area contributed by atoms with E-state index in [9.17, 15) is 18.0 Å². The Hall–Kier alpha value is -2.09. The second-order valence-corrected chi connectivity index (χ2v) is 6.37. The van der Waals surface area contributed by atoms with Crippen molar-refractivity contribution in [3.63, 3.8) is 0 Å². The number of nitrogens with one attached hydrogen (secondary N) is 1. The van der Waals surface area contributed by atoms with Crippen LogP contribution in [0, 0.1) is 0 Å². The molecule has 0 aliphatic carbocycles. The van der Waals surface area contributed by atoms with Crippen LogP contribution in [0.3, 0.4) is 0 Å². The Morgan fingerprint density at radius 2 is 1.95 bits per heavy atom. The van der Waals surface area contributed by atoms with Gasteiger partial charge in [0.15, 0.2) is 6.61 Å². The topological polar surface area (TPSA) is 110 Å². The third-order valence-electron chi connectivity index (χ3n) is 2.21. The average Bonchev–Trinajstić information content (AvgIpc) is 2.34. The van der Waals surface area contributed by atoms with Crippen molar-refractivity contribution in [3.8, 4) is 5.75 Å². The third kappa shape index (κ3) is 6.19. The molecule has 7 nitrogen and oxygen atoms in total. The maximum Gasteiger partial charge on any atom is 0.341 e. The predicted molar refractivity (Wildman–Crippen MR) is 72.5 cm³/mol. The molecule has 8 heteroatoms. The molecule has 0 saturated carbocycles. The van der Waals surface area contributed by atoms with E-state index in [1.54, 1.807) is 12.1 Å². The van der Waals surface area contributed by atoms with Crippen molar-refractivity contribution in [1.82, 2.24) is 0 Å². The van der Waals surface area contributed by atoms with Gasteiger partial charge in [0.2, 0.25) is 5.91 Å². The molecule has 0 radical (unpaired) electrons. The summed E-state index contributed by atoms with van der Waals surface area (Å²) in [4.78, 5) is 22.0. The highest BCUT2D eigenvalue weighted by Gasteiger charge is 2.11. The standard InChI is InChI=1S/C12H15NO6S/c1-20(17,18)7-6-11(14)13-9-4-2-3-5-10(9)19-8-12(15)16/h2-5H,6-8H2,1H3,(H,13,14)(H,15,16). The smallest absolute Gasteiger partial charge is 0.341 e. The number of carbonyl (C=O) groups is 2. The summed E-state index contributed by atoms with van der Waals surface area (Å²) < 4.78 is 26.9. The lowest BCUT2D eigenvalue weighted by atomic mass is 10.3. The van der Waals surface area contributed by atoms with Crippen molar-refractivity contribution in [2.75, 3.05) is 23.9 Å². The molecule has 1 amide bonds. The molecule has 0 aromatic heterocycles. The van der Waals surface area contributed by atoms with E-state index in [0.717, 1.165) is 6.26 Å². The SMILES string of the molecule is CS(=O)(=O)CCC(=O)Nc1ccccc1OCC(=O)O. The summed E-state index contributed by atoms with van der Waals surface area (Å²) in [5.74, 6) is -1.66. The van der Waals surface area contributed by atoms with Gasteiger partial charge in [0.25, 0.3) is 0 Å². The van der Waals surface area contributed by atoms with Gasteiger partial charge in [-0.15, -0.1) is 0 Å². The third-order valence-corrected chi connectivity index (χ3v) is 3.16. The average molecular weight is 301 g/mol. The summed E-state index contributed by atoms with van der Waals surface area (Å²) in [6.07, 6.45) is 0.871. The van der Waals surface area contributed by atoms with Crippen molar-refractivity contribution in [2.45, 2.75) is 6.42 Å². The summed E-state index contributed by atoms with van der Waals surface area (Å²) in [6, 6.07) is 6.31. The van der Waals surface area contributed by atoms with E-state index in [0.29, 0.717) is 5.69 Å². The molecule has 0 spiro atoms. The number of hydrogen-bond acceptors (Lipinski definition) is 5. The van der Waals surface area contributed by atoms with Gasteiger partial charge in [-0.25, -0.2) is 13.2 Å². The lowest BCUT2D eigenvalue weighted by Gasteiger charge is -2.10. The van der Waals surface area contributed by atoms with Crippen LogP contribution in [-0.2, 0) is 19.4 Å². The van der Waals surface area contributed by atoms with Gasteiger partial charge in [-0.2, -0.15) is 0 Å². The van der Waals surface area contributed by atoms with Crippen LogP contribution in [0.5, 0.6) is 5.75 Å². The number of carboxylic acid groups (broad SMARTS) is 1. The molecule has 1 aromatic rings. The van der Waals surface area contributed by atoms with Crippen LogP contribution < -0.4 is 10.1 Å². The summed E-state index contributed by atoms with van der Waals surface area (Å²) in [7, 11) is -3.21. The Labute approximate surface area is 116 Å². The quantitative estimate of drug-likeness (QED) is 0.760. The zero-order chi connectivity index (χ0) is 15.2. The maximum atomic E-state index is 11.6. The molecule has 0 bridgehead atoms. The summed E-state index contributed by atoms with van der Waals surface area (Å²) in [6.45, 7) is -0.532. The zero-order valence-electron chi connectivity index (χ0n) is 10.8. The number of hydrogen-bond donors (Lipinski definition) is 2. The molecule has 0 aliphatic rings. The van der Waals surface area contributed by atoms with Gasteiger partial charge in [0.1, 0.15) is 15.6 Å². The number of amides is 1. The minimum absolute atomic E-state index is 0.175. The van der Waals surface area contributed by atoms with Gasteiger partial charge < -0.3 is 15.2 Å². The first-order valence-corrected chi connectivity index (χ1v) is 7.75. The molecule has 1 rings (SSSR count). The molecule has 0 saturated heterocycles. The van der Waals surface area contributed by atoms with Gasteiger partial charge in [0, 0.05) is 12.7 Å².